The van der Waals surface area contributed by atoms with Crippen LogP contribution in [0, 0.1) is 0 Å². The van der Waals surface area contributed by atoms with Gasteiger partial charge in [-0.05, 0) is 50.2 Å². The van der Waals surface area contributed by atoms with Crippen molar-refractivity contribution < 1.29 is 4.57 Å². The van der Waals surface area contributed by atoms with Gasteiger partial charge >= 0.3 is 0 Å². The number of nitrogens with one attached hydrogen (secondary N) is 1. The first kappa shape index (κ1) is 24.7. The van der Waals surface area contributed by atoms with Crippen molar-refractivity contribution in [3.05, 3.63) is 103 Å². The Hall–Kier alpha value is -4.64. The summed E-state index contributed by atoms with van der Waals surface area (Å²) in [6.45, 7) is 6.37. The Morgan fingerprint density at radius 2 is 1.36 bits per heavy atom. The van der Waals surface area contributed by atoms with Gasteiger partial charge in [0.2, 0.25) is 16.7 Å². The van der Waals surface area contributed by atoms with Gasteiger partial charge in [0.25, 0.3) is 0 Å². The summed E-state index contributed by atoms with van der Waals surface area (Å²) in [5.74, 6) is 0. The Balaban J connectivity index is 1.61. The highest BCUT2D eigenvalue weighted by Gasteiger charge is 2.23. The van der Waals surface area contributed by atoms with Gasteiger partial charge < -0.3 is 15.1 Å². The third kappa shape index (κ3) is 4.50. The summed E-state index contributed by atoms with van der Waals surface area (Å²) in [4.78, 5) is 9.71. The number of anilines is 4. The fourth-order valence-corrected chi connectivity index (χ4v) is 5.41. The smallest absolute Gasteiger partial charge is 0.240 e. The standard InChI is InChI=1S/C34H33N5/c1-5-38(6-2)25-18-16-24(17-19-25)35-31-23-33-34(29-15-11-10-14-28(29)31)36-30-21-20-27(37(3)4)22-32(30)39(33)26-12-8-7-9-13-26/h7-23H,5-6H2,1-4H3/p+1. The minimum absolute atomic E-state index is 0.967. The lowest BCUT2D eigenvalue weighted by atomic mass is 10.0. The first-order valence-corrected chi connectivity index (χ1v) is 13.6. The molecule has 5 aromatic carbocycles. The zero-order chi connectivity index (χ0) is 26.9. The molecular formula is C34H34N5+. The first-order chi connectivity index (χ1) is 19.1. The lowest BCUT2D eigenvalue weighted by Crippen LogP contribution is -2.33. The molecule has 39 heavy (non-hydrogen) atoms. The third-order valence-corrected chi connectivity index (χ3v) is 7.47. The number of aromatic nitrogens is 2. The van der Waals surface area contributed by atoms with Gasteiger partial charge in [-0.3, -0.25) is 0 Å². The predicted octanol–water partition coefficient (Wildman–Crippen LogP) is 7.47. The predicted molar refractivity (Wildman–Crippen MR) is 166 cm³/mol. The van der Waals surface area contributed by atoms with Crippen LogP contribution >= 0.6 is 0 Å². The highest BCUT2D eigenvalue weighted by Crippen LogP contribution is 2.34. The normalized spacial score (nSPS) is 11.3. The van der Waals surface area contributed by atoms with Crippen molar-refractivity contribution in [3.8, 4) is 5.69 Å². The quantitative estimate of drug-likeness (QED) is 0.137. The molecule has 0 amide bonds. The monoisotopic (exact) mass is 512 g/mol. The molecule has 0 aliphatic rings. The second-order valence-corrected chi connectivity index (χ2v) is 10.0. The van der Waals surface area contributed by atoms with Crippen LogP contribution in [0.5, 0.6) is 0 Å². The Morgan fingerprint density at radius 3 is 2.05 bits per heavy atom. The Bertz CT molecular complexity index is 1770. The molecule has 1 aromatic heterocycles. The fraction of sp³-hybridized carbons (Fsp3) is 0.176. The van der Waals surface area contributed by atoms with Crippen molar-refractivity contribution in [2.24, 2.45) is 0 Å². The van der Waals surface area contributed by atoms with Gasteiger partial charge in [-0.1, -0.05) is 42.5 Å². The molecule has 5 heteroatoms. The largest absolute Gasteiger partial charge is 0.377 e. The second kappa shape index (κ2) is 10.3. The fourth-order valence-electron chi connectivity index (χ4n) is 5.41. The number of nitrogens with zero attached hydrogens (tertiary/aromatic N) is 4. The molecule has 6 rings (SSSR count). The van der Waals surface area contributed by atoms with Crippen LogP contribution in [0.1, 0.15) is 13.8 Å². The minimum Gasteiger partial charge on any atom is -0.377 e. The minimum atomic E-state index is 0.967. The molecule has 1 heterocycles. The van der Waals surface area contributed by atoms with E-state index in [0.717, 1.165) is 68.7 Å². The highest BCUT2D eigenvalue weighted by atomic mass is 15.1. The Labute approximate surface area is 229 Å². The first-order valence-electron chi connectivity index (χ1n) is 13.6. The van der Waals surface area contributed by atoms with Crippen LogP contribution in [-0.2, 0) is 0 Å². The van der Waals surface area contributed by atoms with Gasteiger partial charge in [-0.15, -0.1) is 4.57 Å². The maximum absolute atomic E-state index is 5.22. The number of fused-ring (bicyclic) bond motifs is 4. The van der Waals surface area contributed by atoms with Gasteiger partial charge in [0.05, 0.1) is 5.69 Å². The van der Waals surface area contributed by atoms with Crippen LogP contribution < -0.4 is 19.7 Å². The molecule has 0 unspecified atom stereocenters. The Morgan fingerprint density at radius 1 is 0.692 bits per heavy atom. The van der Waals surface area contributed by atoms with E-state index in [0.29, 0.717) is 0 Å². The molecule has 0 saturated heterocycles. The molecule has 0 spiro atoms. The van der Waals surface area contributed by atoms with E-state index >= 15 is 0 Å². The molecule has 5 nitrogen and oxygen atoms in total. The topological polar surface area (TPSA) is 35.3 Å². The maximum atomic E-state index is 5.22. The van der Waals surface area contributed by atoms with E-state index in [1.807, 2.05) is 0 Å². The van der Waals surface area contributed by atoms with Crippen molar-refractivity contribution in [3.63, 3.8) is 0 Å². The molecule has 0 aliphatic carbocycles. The summed E-state index contributed by atoms with van der Waals surface area (Å²) in [5.41, 5.74) is 9.69. The van der Waals surface area contributed by atoms with E-state index in [-0.39, 0.29) is 0 Å². The van der Waals surface area contributed by atoms with Crippen molar-refractivity contribution in [1.29, 1.82) is 0 Å². The van der Waals surface area contributed by atoms with E-state index in [2.05, 4.69) is 151 Å². The van der Waals surface area contributed by atoms with Crippen LogP contribution in [0.25, 0.3) is 38.5 Å². The zero-order valence-corrected chi connectivity index (χ0v) is 23.0. The third-order valence-electron chi connectivity index (χ3n) is 7.47. The van der Waals surface area contributed by atoms with Crippen LogP contribution in [0.3, 0.4) is 0 Å². The maximum Gasteiger partial charge on any atom is 0.240 e. The van der Waals surface area contributed by atoms with Crippen LogP contribution in [-0.4, -0.2) is 32.2 Å². The van der Waals surface area contributed by atoms with Crippen LogP contribution in [0.15, 0.2) is 103 Å². The Kier molecular flexibility index (Phi) is 6.49. The summed E-state index contributed by atoms with van der Waals surface area (Å²) in [6.07, 6.45) is 0. The van der Waals surface area contributed by atoms with Crippen LogP contribution in [0.2, 0.25) is 0 Å². The van der Waals surface area contributed by atoms with Crippen molar-refractivity contribution in [2.75, 3.05) is 42.3 Å². The van der Waals surface area contributed by atoms with E-state index in [9.17, 15) is 0 Å². The van der Waals surface area contributed by atoms with E-state index in [4.69, 9.17) is 4.98 Å². The molecule has 0 atom stereocenters. The van der Waals surface area contributed by atoms with Gasteiger partial charge in [0.15, 0.2) is 0 Å². The average molecular weight is 513 g/mol. The molecule has 0 saturated carbocycles. The van der Waals surface area contributed by atoms with E-state index in [1.54, 1.807) is 0 Å². The van der Waals surface area contributed by atoms with Gasteiger partial charge in [0.1, 0.15) is 11.0 Å². The number of para-hydroxylation sites is 1. The summed E-state index contributed by atoms with van der Waals surface area (Å²) < 4.78 is 2.34. The van der Waals surface area contributed by atoms with Crippen LogP contribution in [0.4, 0.5) is 22.7 Å². The van der Waals surface area contributed by atoms with Gasteiger partial charge in [-0.25, -0.2) is 4.98 Å². The van der Waals surface area contributed by atoms with Crippen molar-refractivity contribution in [1.82, 2.24) is 4.98 Å². The molecule has 0 fully saturated rings. The number of rotatable bonds is 7. The lowest BCUT2D eigenvalue weighted by molar-refractivity contribution is -0.538. The van der Waals surface area contributed by atoms with Crippen molar-refractivity contribution >= 4 is 55.6 Å². The molecule has 6 aromatic rings. The summed E-state index contributed by atoms with van der Waals surface area (Å²) in [5, 5.41) is 6.00. The van der Waals surface area contributed by atoms with Gasteiger partial charge in [-0.2, -0.15) is 0 Å². The summed E-state index contributed by atoms with van der Waals surface area (Å²) in [6, 6.07) is 36.6. The molecule has 0 radical (unpaired) electrons. The molecule has 0 bridgehead atoms. The molecular weight excluding hydrogens is 478 g/mol. The highest BCUT2D eigenvalue weighted by molar-refractivity contribution is 6.11. The van der Waals surface area contributed by atoms with Gasteiger partial charge in [0, 0.05) is 79.3 Å². The second-order valence-electron chi connectivity index (χ2n) is 10.0. The zero-order valence-electron chi connectivity index (χ0n) is 23.0. The number of benzene rings is 5. The molecule has 1 N–H and O–H groups in total. The SMILES string of the molecule is CCN(CC)c1ccc(Nc2cc3c(nc4ccc(N(C)C)cc4[n+]3-c3ccccc3)c3ccccc23)cc1. The average Bonchev–Trinajstić information content (AvgIpc) is 2.98. The number of hydrogen-bond donors (Lipinski definition) is 1. The summed E-state index contributed by atoms with van der Waals surface area (Å²) >= 11 is 0. The molecule has 194 valence electrons. The van der Waals surface area contributed by atoms with Crippen molar-refractivity contribution in [2.45, 2.75) is 13.8 Å². The number of hydrogen-bond acceptors (Lipinski definition) is 4. The lowest BCUT2D eigenvalue weighted by Gasteiger charge is -2.21. The van der Waals surface area contributed by atoms with E-state index < -0.39 is 0 Å². The molecule has 0 aliphatic heterocycles. The van der Waals surface area contributed by atoms with E-state index in [1.165, 1.54) is 5.69 Å². The summed E-state index contributed by atoms with van der Waals surface area (Å²) in [7, 11) is 4.15.